The number of ether oxygens (including phenoxy) is 1. The standard InChI is InChI=1S/C16H25NO2/c1-6-17(14-9-7-13(2)8-10-14)12-11-15(18)19-16(3,4)5/h7-10H,6,11-12H2,1-5H3. The zero-order chi connectivity index (χ0) is 14.5. The molecule has 0 amide bonds. The van der Waals surface area contributed by atoms with E-state index in [-0.39, 0.29) is 5.97 Å². The van der Waals surface area contributed by atoms with Gasteiger partial charge in [-0.25, -0.2) is 0 Å². The van der Waals surface area contributed by atoms with Crippen LogP contribution >= 0.6 is 0 Å². The van der Waals surface area contributed by atoms with Crippen molar-refractivity contribution >= 4 is 11.7 Å². The van der Waals surface area contributed by atoms with Gasteiger partial charge in [0.05, 0.1) is 6.42 Å². The Hall–Kier alpha value is -1.51. The summed E-state index contributed by atoms with van der Waals surface area (Å²) in [7, 11) is 0. The predicted octanol–water partition coefficient (Wildman–Crippen LogP) is 3.55. The van der Waals surface area contributed by atoms with E-state index in [9.17, 15) is 4.79 Å². The van der Waals surface area contributed by atoms with Gasteiger partial charge in [-0.1, -0.05) is 17.7 Å². The van der Waals surface area contributed by atoms with E-state index < -0.39 is 5.60 Å². The van der Waals surface area contributed by atoms with Crippen LogP contribution < -0.4 is 4.90 Å². The van der Waals surface area contributed by atoms with Crippen molar-refractivity contribution in [3.63, 3.8) is 0 Å². The lowest BCUT2D eigenvalue weighted by molar-refractivity contribution is -0.154. The van der Waals surface area contributed by atoms with Gasteiger partial charge in [0.2, 0.25) is 0 Å². The number of rotatable bonds is 5. The second-order valence-electron chi connectivity index (χ2n) is 5.75. The van der Waals surface area contributed by atoms with Gasteiger partial charge < -0.3 is 9.64 Å². The Kier molecular flexibility index (Phi) is 5.40. The lowest BCUT2D eigenvalue weighted by Gasteiger charge is -2.24. The number of carbonyl (C=O) groups is 1. The summed E-state index contributed by atoms with van der Waals surface area (Å²) in [6, 6.07) is 8.36. The molecule has 1 rings (SSSR count). The van der Waals surface area contributed by atoms with Crippen molar-refractivity contribution in [2.75, 3.05) is 18.0 Å². The Balaban J connectivity index is 2.54. The third-order valence-corrected chi connectivity index (χ3v) is 2.79. The van der Waals surface area contributed by atoms with Gasteiger partial charge >= 0.3 is 5.97 Å². The first-order chi connectivity index (χ1) is 8.81. The van der Waals surface area contributed by atoms with Crippen LogP contribution in [0.3, 0.4) is 0 Å². The van der Waals surface area contributed by atoms with Crippen LogP contribution in [0.15, 0.2) is 24.3 Å². The highest BCUT2D eigenvalue weighted by atomic mass is 16.6. The summed E-state index contributed by atoms with van der Waals surface area (Å²) in [5.74, 6) is -0.141. The SMILES string of the molecule is CCN(CCC(=O)OC(C)(C)C)c1ccc(C)cc1. The Morgan fingerprint density at radius 1 is 1.21 bits per heavy atom. The Morgan fingerprint density at radius 3 is 2.26 bits per heavy atom. The maximum absolute atomic E-state index is 11.7. The van der Waals surface area contributed by atoms with Crippen LogP contribution in [0.2, 0.25) is 0 Å². The molecule has 1 aromatic carbocycles. The van der Waals surface area contributed by atoms with Crippen molar-refractivity contribution in [3.05, 3.63) is 29.8 Å². The van der Waals surface area contributed by atoms with Crippen LogP contribution in [0, 0.1) is 6.92 Å². The fourth-order valence-electron chi connectivity index (χ4n) is 1.84. The van der Waals surface area contributed by atoms with E-state index in [1.807, 2.05) is 20.8 Å². The van der Waals surface area contributed by atoms with Gasteiger partial charge in [0.15, 0.2) is 0 Å². The number of hydrogen-bond donors (Lipinski definition) is 0. The van der Waals surface area contributed by atoms with E-state index in [1.165, 1.54) is 5.56 Å². The van der Waals surface area contributed by atoms with Gasteiger partial charge in [-0.15, -0.1) is 0 Å². The number of carbonyl (C=O) groups excluding carboxylic acids is 1. The molecule has 1 aromatic rings. The average Bonchev–Trinajstić information content (AvgIpc) is 2.29. The molecule has 0 saturated carbocycles. The van der Waals surface area contributed by atoms with Crippen molar-refractivity contribution in [3.8, 4) is 0 Å². The van der Waals surface area contributed by atoms with Crippen LogP contribution in [0.4, 0.5) is 5.69 Å². The van der Waals surface area contributed by atoms with E-state index in [1.54, 1.807) is 0 Å². The Morgan fingerprint density at radius 2 is 1.79 bits per heavy atom. The molecule has 19 heavy (non-hydrogen) atoms. The molecule has 3 heteroatoms. The van der Waals surface area contributed by atoms with Gasteiger partial charge in [-0.2, -0.15) is 0 Å². The molecule has 0 unspecified atom stereocenters. The van der Waals surface area contributed by atoms with E-state index in [0.717, 1.165) is 12.2 Å². The van der Waals surface area contributed by atoms with Crippen LogP contribution in [0.1, 0.15) is 39.7 Å². The zero-order valence-corrected chi connectivity index (χ0v) is 12.7. The molecule has 0 saturated heterocycles. The van der Waals surface area contributed by atoms with Gasteiger partial charge in [0, 0.05) is 18.8 Å². The largest absolute Gasteiger partial charge is 0.460 e. The smallest absolute Gasteiger partial charge is 0.308 e. The molecule has 0 aliphatic carbocycles. The summed E-state index contributed by atoms with van der Waals surface area (Å²) < 4.78 is 5.32. The zero-order valence-electron chi connectivity index (χ0n) is 12.7. The molecule has 0 spiro atoms. The summed E-state index contributed by atoms with van der Waals surface area (Å²) in [5.41, 5.74) is 1.99. The number of hydrogen-bond acceptors (Lipinski definition) is 3. The molecule has 0 aromatic heterocycles. The third-order valence-electron chi connectivity index (χ3n) is 2.79. The van der Waals surface area contributed by atoms with Gasteiger partial charge in [-0.05, 0) is 46.8 Å². The van der Waals surface area contributed by atoms with Gasteiger partial charge in [0.25, 0.3) is 0 Å². The van der Waals surface area contributed by atoms with E-state index in [0.29, 0.717) is 13.0 Å². The van der Waals surface area contributed by atoms with Crippen molar-refractivity contribution in [2.45, 2.75) is 46.6 Å². The molecule has 3 nitrogen and oxygen atoms in total. The monoisotopic (exact) mass is 263 g/mol. The highest BCUT2D eigenvalue weighted by molar-refractivity contribution is 5.70. The van der Waals surface area contributed by atoms with Gasteiger partial charge in [0.1, 0.15) is 5.60 Å². The number of aryl methyl sites for hydroxylation is 1. The average molecular weight is 263 g/mol. The fourth-order valence-corrected chi connectivity index (χ4v) is 1.84. The highest BCUT2D eigenvalue weighted by Gasteiger charge is 2.16. The maximum atomic E-state index is 11.7. The number of anilines is 1. The molecule has 0 N–H and O–H groups in total. The van der Waals surface area contributed by atoms with Crippen molar-refractivity contribution in [2.24, 2.45) is 0 Å². The molecule has 0 bridgehead atoms. The molecule has 106 valence electrons. The summed E-state index contributed by atoms with van der Waals surface area (Å²) in [4.78, 5) is 13.9. The Bertz CT molecular complexity index is 404. The minimum absolute atomic E-state index is 0.141. The molecule has 0 aliphatic heterocycles. The minimum Gasteiger partial charge on any atom is -0.460 e. The maximum Gasteiger partial charge on any atom is 0.308 e. The Labute approximate surface area is 116 Å². The van der Waals surface area contributed by atoms with Crippen LogP contribution in [-0.4, -0.2) is 24.7 Å². The molecule has 0 heterocycles. The second kappa shape index (κ2) is 6.60. The second-order valence-corrected chi connectivity index (χ2v) is 5.75. The number of benzene rings is 1. The fraction of sp³-hybridized carbons (Fsp3) is 0.562. The quantitative estimate of drug-likeness (QED) is 0.761. The molecule has 0 radical (unpaired) electrons. The summed E-state index contributed by atoms with van der Waals surface area (Å²) in [5, 5.41) is 0. The molecule has 0 aliphatic rings. The lowest BCUT2D eigenvalue weighted by Crippen LogP contribution is -2.29. The van der Waals surface area contributed by atoms with E-state index >= 15 is 0 Å². The lowest BCUT2D eigenvalue weighted by atomic mass is 10.2. The van der Waals surface area contributed by atoms with Crippen LogP contribution in [0.25, 0.3) is 0 Å². The number of nitrogens with zero attached hydrogens (tertiary/aromatic N) is 1. The predicted molar refractivity (Wildman–Crippen MR) is 79.5 cm³/mol. The van der Waals surface area contributed by atoms with Crippen molar-refractivity contribution in [1.82, 2.24) is 0 Å². The molecular formula is C16H25NO2. The summed E-state index contributed by atoms with van der Waals surface area (Å²) in [6.07, 6.45) is 0.416. The molecule has 0 atom stereocenters. The van der Waals surface area contributed by atoms with Crippen molar-refractivity contribution in [1.29, 1.82) is 0 Å². The topological polar surface area (TPSA) is 29.5 Å². The first-order valence-corrected chi connectivity index (χ1v) is 6.85. The van der Waals surface area contributed by atoms with E-state index in [2.05, 4.69) is 43.0 Å². The minimum atomic E-state index is -0.405. The first-order valence-electron chi connectivity index (χ1n) is 6.85. The molecular weight excluding hydrogens is 238 g/mol. The normalized spacial score (nSPS) is 11.2. The van der Waals surface area contributed by atoms with E-state index in [4.69, 9.17) is 4.74 Å². The van der Waals surface area contributed by atoms with Crippen LogP contribution in [-0.2, 0) is 9.53 Å². The van der Waals surface area contributed by atoms with Crippen LogP contribution in [0.5, 0.6) is 0 Å². The summed E-state index contributed by atoms with van der Waals surface area (Å²) >= 11 is 0. The van der Waals surface area contributed by atoms with Gasteiger partial charge in [-0.3, -0.25) is 4.79 Å². The summed E-state index contributed by atoms with van der Waals surface area (Å²) in [6.45, 7) is 11.4. The number of esters is 1. The highest BCUT2D eigenvalue weighted by Crippen LogP contribution is 2.16. The first kappa shape index (κ1) is 15.5. The third kappa shape index (κ3) is 5.77. The molecule has 0 fully saturated rings. The van der Waals surface area contributed by atoms with Crippen molar-refractivity contribution < 1.29 is 9.53 Å².